The van der Waals surface area contributed by atoms with Gasteiger partial charge in [-0.3, -0.25) is 9.59 Å². The van der Waals surface area contributed by atoms with Crippen LogP contribution in [0.2, 0.25) is 0 Å². The summed E-state index contributed by atoms with van der Waals surface area (Å²) < 4.78 is 9.90. The first kappa shape index (κ1) is 20.2. The molecule has 2 N–H and O–H groups in total. The zero-order chi connectivity index (χ0) is 19.5. The lowest BCUT2D eigenvalue weighted by molar-refractivity contribution is -0.145. The number of ether oxygens (including phenoxy) is 1. The summed E-state index contributed by atoms with van der Waals surface area (Å²) in [6.07, 6.45) is 2.64. The van der Waals surface area contributed by atoms with Crippen LogP contribution in [0.3, 0.4) is 0 Å². The van der Waals surface area contributed by atoms with E-state index in [1.165, 1.54) is 7.11 Å². The molecule has 2 aromatic rings. The highest BCUT2D eigenvalue weighted by Crippen LogP contribution is 2.06. The van der Waals surface area contributed by atoms with Crippen molar-refractivity contribution in [3.63, 3.8) is 0 Å². The maximum absolute atomic E-state index is 12.1. The molecule has 7 nitrogen and oxygen atoms in total. The van der Waals surface area contributed by atoms with Gasteiger partial charge in [0.2, 0.25) is 11.8 Å². The molecular formula is C20H24N2O5. The summed E-state index contributed by atoms with van der Waals surface area (Å²) in [6, 6.07) is 12.1. The Balaban J connectivity index is 1.72. The van der Waals surface area contributed by atoms with Gasteiger partial charge < -0.3 is 19.8 Å². The van der Waals surface area contributed by atoms with Gasteiger partial charge in [-0.05, 0) is 24.1 Å². The molecule has 0 fully saturated rings. The Morgan fingerprint density at radius 1 is 1.04 bits per heavy atom. The Morgan fingerprint density at radius 2 is 1.78 bits per heavy atom. The molecule has 1 heterocycles. The summed E-state index contributed by atoms with van der Waals surface area (Å²) in [4.78, 5) is 35.8. The number of methoxy groups -OCH3 is 1. The highest BCUT2D eigenvalue weighted by molar-refractivity contribution is 5.85. The minimum atomic E-state index is -0.752. The Labute approximate surface area is 158 Å². The quantitative estimate of drug-likeness (QED) is 0.622. The molecule has 0 aliphatic heterocycles. The minimum Gasteiger partial charge on any atom is -0.467 e. The molecule has 1 atom stereocenters. The van der Waals surface area contributed by atoms with Crippen LogP contribution in [-0.2, 0) is 32.1 Å². The summed E-state index contributed by atoms with van der Waals surface area (Å²) in [5.74, 6) is -0.278. The minimum absolute atomic E-state index is 0.149. The number of esters is 1. The Kier molecular flexibility index (Phi) is 8.09. The molecule has 0 saturated heterocycles. The lowest BCUT2D eigenvalue weighted by Gasteiger charge is -2.16. The smallest absolute Gasteiger partial charge is 0.328 e. The van der Waals surface area contributed by atoms with Crippen LogP contribution >= 0.6 is 0 Å². The van der Waals surface area contributed by atoms with Gasteiger partial charge in [0.15, 0.2) is 0 Å². The van der Waals surface area contributed by atoms with Crippen molar-refractivity contribution in [2.45, 2.75) is 38.3 Å². The first-order valence-corrected chi connectivity index (χ1v) is 8.78. The van der Waals surface area contributed by atoms with E-state index in [4.69, 9.17) is 9.15 Å². The van der Waals surface area contributed by atoms with Crippen molar-refractivity contribution in [2.75, 3.05) is 7.11 Å². The maximum Gasteiger partial charge on any atom is 0.328 e. The second kappa shape index (κ2) is 10.8. The van der Waals surface area contributed by atoms with Crippen LogP contribution in [-0.4, -0.2) is 30.9 Å². The van der Waals surface area contributed by atoms with E-state index in [1.54, 1.807) is 18.4 Å². The first-order chi connectivity index (χ1) is 13.1. The number of rotatable bonds is 10. The van der Waals surface area contributed by atoms with Crippen LogP contribution in [0.5, 0.6) is 0 Å². The van der Waals surface area contributed by atoms with E-state index in [-0.39, 0.29) is 24.7 Å². The molecule has 0 spiro atoms. The fraction of sp³-hybridized carbons (Fsp3) is 0.350. The van der Waals surface area contributed by atoms with Crippen molar-refractivity contribution in [1.82, 2.24) is 10.6 Å². The number of furan rings is 1. The molecule has 2 rings (SSSR count). The normalized spacial score (nSPS) is 11.4. The van der Waals surface area contributed by atoms with E-state index < -0.39 is 12.0 Å². The molecule has 1 aromatic carbocycles. The number of amides is 2. The van der Waals surface area contributed by atoms with Gasteiger partial charge in [-0.2, -0.15) is 0 Å². The van der Waals surface area contributed by atoms with Gasteiger partial charge in [0.05, 0.1) is 19.9 Å². The lowest BCUT2D eigenvalue weighted by Crippen LogP contribution is -2.43. The Morgan fingerprint density at radius 3 is 2.44 bits per heavy atom. The van der Waals surface area contributed by atoms with Crippen molar-refractivity contribution >= 4 is 17.8 Å². The number of hydrogen-bond donors (Lipinski definition) is 2. The van der Waals surface area contributed by atoms with Crippen LogP contribution < -0.4 is 10.6 Å². The van der Waals surface area contributed by atoms with Crippen LogP contribution in [0.25, 0.3) is 0 Å². The molecule has 0 radical (unpaired) electrons. The summed E-state index contributed by atoms with van der Waals surface area (Å²) in [7, 11) is 1.29. The lowest BCUT2D eigenvalue weighted by atomic mass is 10.1. The monoisotopic (exact) mass is 372 g/mol. The number of carbonyl (C=O) groups excluding carboxylic acids is 3. The fourth-order valence-corrected chi connectivity index (χ4v) is 2.55. The van der Waals surface area contributed by atoms with Gasteiger partial charge in [0, 0.05) is 19.3 Å². The van der Waals surface area contributed by atoms with Crippen molar-refractivity contribution < 1.29 is 23.5 Å². The summed E-state index contributed by atoms with van der Waals surface area (Å²) in [5.41, 5.74) is 0.922. The van der Waals surface area contributed by atoms with Crippen molar-refractivity contribution in [2.24, 2.45) is 0 Å². The third-order valence-corrected chi connectivity index (χ3v) is 3.95. The predicted molar refractivity (Wildman–Crippen MR) is 98.5 cm³/mol. The van der Waals surface area contributed by atoms with Crippen LogP contribution in [0.15, 0.2) is 53.1 Å². The second-order valence-corrected chi connectivity index (χ2v) is 6.04. The van der Waals surface area contributed by atoms with E-state index in [0.717, 1.165) is 5.56 Å². The van der Waals surface area contributed by atoms with Crippen LogP contribution in [0.4, 0.5) is 0 Å². The van der Waals surface area contributed by atoms with Gasteiger partial charge in [-0.1, -0.05) is 30.3 Å². The second-order valence-electron chi connectivity index (χ2n) is 6.04. The van der Waals surface area contributed by atoms with Crippen LogP contribution in [0.1, 0.15) is 30.6 Å². The van der Waals surface area contributed by atoms with Gasteiger partial charge in [-0.15, -0.1) is 0 Å². The average molecular weight is 372 g/mol. The number of hydrogen-bond acceptors (Lipinski definition) is 5. The standard InChI is InChI=1S/C20H24N2O5/c1-26-20(25)17(13-15-7-3-2-4-8-15)22-19(24)11-5-10-18(23)21-14-16-9-6-12-27-16/h2-4,6-9,12,17H,5,10-11,13-14H2,1H3,(H,21,23)(H,22,24). The van der Waals surface area contributed by atoms with Crippen molar-refractivity contribution in [3.05, 3.63) is 60.1 Å². The van der Waals surface area contributed by atoms with Crippen molar-refractivity contribution in [3.8, 4) is 0 Å². The maximum atomic E-state index is 12.1. The van der Waals surface area contributed by atoms with Gasteiger partial charge in [0.1, 0.15) is 11.8 Å². The third kappa shape index (κ3) is 7.35. The Bertz CT molecular complexity index is 728. The van der Waals surface area contributed by atoms with Gasteiger partial charge >= 0.3 is 5.97 Å². The molecule has 0 saturated carbocycles. The fourth-order valence-electron chi connectivity index (χ4n) is 2.55. The number of carbonyl (C=O) groups is 3. The topological polar surface area (TPSA) is 97.6 Å². The van der Waals surface area contributed by atoms with E-state index in [0.29, 0.717) is 25.1 Å². The molecule has 1 aromatic heterocycles. The van der Waals surface area contributed by atoms with Crippen LogP contribution in [0, 0.1) is 0 Å². The molecule has 7 heteroatoms. The number of nitrogens with one attached hydrogen (secondary N) is 2. The average Bonchev–Trinajstić information content (AvgIpc) is 3.19. The summed E-state index contributed by atoms with van der Waals surface area (Å²) in [6.45, 7) is 0.319. The molecule has 0 aliphatic carbocycles. The Hall–Kier alpha value is -3.09. The zero-order valence-electron chi connectivity index (χ0n) is 15.3. The molecule has 1 unspecified atom stereocenters. The predicted octanol–water partition coefficient (Wildman–Crippen LogP) is 1.97. The SMILES string of the molecule is COC(=O)C(Cc1ccccc1)NC(=O)CCCC(=O)NCc1ccco1. The highest BCUT2D eigenvalue weighted by atomic mass is 16.5. The van der Waals surface area contributed by atoms with E-state index in [9.17, 15) is 14.4 Å². The molecular weight excluding hydrogens is 348 g/mol. The van der Waals surface area contributed by atoms with Crippen molar-refractivity contribution in [1.29, 1.82) is 0 Å². The van der Waals surface area contributed by atoms with E-state index >= 15 is 0 Å². The zero-order valence-corrected chi connectivity index (χ0v) is 15.3. The summed E-state index contributed by atoms with van der Waals surface area (Å²) in [5, 5.41) is 5.41. The van der Waals surface area contributed by atoms with E-state index in [1.807, 2.05) is 30.3 Å². The third-order valence-electron chi connectivity index (χ3n) is 3.95. The van der Waals surface area contributed by atoms with Gasteiger partial charge in [0.25, 0.3) is 0 Å². The molecule has 2 amide bonds. The molecule has 0 aliphatic rings. The molecule has 27 heavy (non-hydrogen) atoms. The van der Waals surface area contributed by atoms with E-state index in [2.05, 4.69) is 10.6 Å². The first-order valence-electron chi connectivity index (χ1n) is 8.78. The largest absolute Gasteiger partial charge is 0.467 e. The highest BCUT2D eigenvalue weighted by Gasteiger charge is 2.21. The number of benzene rings is 1. The van der Waals surface area contributed by atoms with Gasteiger partial charge in [-0.25, -0.2) is 4.79 Å². The molecule has 0 bridgehead atoms. The molecule has 144 valence electrons. The summed E-state index contributed by atoms with van der Waals surface area (Å²) >= 11 is 0.